The van der Waals surface area contributed by atoms with E-state index in [1.165, 1.54) is 12.3 Å². The predicted molar refractivity (Wildman–Crippen MR) is 46.8 cm³/mol. The minimum absolute atomic E-state index is 0.0840. The summed E-state index contributed by atoms with van der Waals surface area (Å²) in [5, 5.41) is 8.76. The van der Waals surface area contributed by atoms with E-state index in [2.05, 4.69) is 0 Å². The van der Waals surface area contributed by atoms with E-state index in [4.69, 9.17) is 5.11 Å². The van der Waals surface area contributed by atoms with Crippen molar-refractivity contribution in [3.05, 3.63) is 23.5 Å². The maximum absolute atomic E-state index is 11.9. The predicted octanol–water partition coefficient (Wildman–Crippen LogP) is 2.45. The van der Waals surface area contributed by atoms with E-state index in [9.17, 15) is 18.0 Å². The summed E-state index contributed by atoms with van der Waals surface area (Å²) in [6.07, 6.45) is -3.94. The molecule has 1 aromatic heterocycles. The number of alkyl halides is 3. The fraction of sp³-hybridized carbons (Fsp3) is 0.444. The van der Waals surface area contributed by atoms with Crippen molar-refractivity contribution >= 4 is 5.97 Å². The highest BCUT2D eigenvalue weighted by atomic mass is 19.4. The molecule has 0 fully saturated rings. The molecule has 0 saturated heterocycles. The molecule has 0 amide bonds. The lowest BCUT2D eigenvalue weighted by Crippen LogP contribution is -2.15. The average Bonchev–Trinajstić information content (AvgIpc) is 2.42. The largest absolute Gasteiger partial charge is 0.477 e. The summed E-state index contributed by atoms with van der Waals surface area (Å²) in [5.74, 6) is -1.21. The zero-order chi connectivity index (χ0) is 11.6. The van der Waals surface area contributed by atoms with Crippen LogP contribution >= 0.6 is 0 Å². The first kappa shape index (κ1) is 11.6. The van der Waals surface area contributed by atoms with Crippen LogP contribution in [0.4, 0.5) is 13.2 Å². The molecule has 0 aliphatic heterocycles. The van der Waals surface area contributed by atoms with Crippen LogP contribution in [0, 0.1) is 6.92 Å². The Balaban J connectivity index is 2.82. The number of hydrogen-bond acceptors (Lipinski definition) is 1. The van der Waals surface area contributed by atoms with E-state index in [1.54, 1.807) is 6.92 Å². The lowest BCUT2D eigenvalue weighted by atomic mass is 10.3. The van der Waals surface area contributed by atoms with Crippen molar-refractivity contribution < 1.29 is 23.1 Å². The van der Waals surface area contributed by atoms with Crippen molar-refractivity contribution in [1.82, 2.24) is 4.57 Å². The summed E-state index contributed by atoms with van der Waals surface area (Å²) in [7, 11) is 0. The third kappa shape index (κ3) is 3.00. The molecule has 1 rings (SSSR count). The molecule has 0 aliphatic carbocycles. The van der Waals surface area contributed by atoms with Gasteiger partial charge in [0.25, 0.3) is 0 Å². The van der Waals surface area contributed by atoms with Gasteiger partial charge in [-0.15, -0.1) is 0 Å². The maximum atomic E-state index is 11.9. The van der Waals surface area contributed by atoms with Gasteiger partial charge in [0.15, 0.2) is 0 Å². The molecular weight excluding hydrogens is 211 g/mol. The van der Waals surface area contributed by atoms with E-state index in [1.807, 2.05) is 0 Å². The number of nitrogens with zero attached hydrogens (tertiary/aromatic N) is 1. The molecule has 0 aliphatic rings. The third-order valence-electron chi connectivity index (χ3n) is 2.00. The Bertz CT molecular complexity index is 368. The van der Waals surface area contributed by atoms with Gasteiger partial charge in [0.2, 0.25) is 0 Å². The molecule has 0 saturated carbocycles. The van der Waals surface area contributed by atoms with Crippen LogP contribution in [0.15, 0.2) is 12.3 Å². The summed E-state index contributed by atoms with van der Waals surface area (Å²) in [6.45, 7) is 1.19. The lowest BCUT2D eigenvalue weighted by molar-refractivity contribution is -0.136. The van der Waals surface area contributed by atoms with Gasteiger partial charge in [-0.05, 0) is 18.6 Å². The molecule has 0 unspecified atom stereocenters. The van der Waals surface area contributed by atoms with E-state index in [0.717, 1.165) is 4.57 Å². The fourth-order valence-electron chi connectivity index (χ4n) is 1.31. The molecule has 15 heavy (non-hydrogen) atoms. The zero-order valence-electron chi connectivity index (χ0n) is 8.01. The molecule has 0 spiro atoms. The molecule has 1 heterocycles. The van der Waals surface area contributed by atoms with Crippen LogP contribution in [0.25, 0.3) is 0 Å². The lowest BCUT2D eigenvalue weighted by Gasteiger charge is -2.09. The highest BCUT2D eigenvalue weighted by molar-refractivity contribution is 5.87. The molecular formula is C9H10F3NO2. The van der Waals surface area contributed by atoms with Gasteiger partial charge in [0, 0.05) is 12.7 Å². The van der Waals surface area contributed by atoms with Crippen molar-refractivity contribution in [2.24, 2.45) is 0 Å². The van der Waals surface area contributed by atoms with Crippen LogP contribution in [0.1, 0.15) is 22.5 Å². The van der Waals surface area contributed by atoms with Gasteiger partial charge in [-0.2, -0.15) is 13.2 Å². The maximum Gasteiger partial charge on any atom is 0.390 e. The summed E-state index contributed by atoms with van der Waals surface area (Å²) >= 11 is 0. The number of aryl methyl sites for hydroxylation is 2. The number of aromatic carboxylic acids is 1. The molecule has 84 valence electrons. The van der Waals surface area contributed by atoms with Crippen molar-refractivity contribution in [3.8, 4) is 0 Å². The summed E-state index contributed by atoms with van der Waals surface area (Å²) in [4.78, 5) is 10.7. The normalized spacial score (nSPS) is 11.7. The Hall–Kier alpha value is -1.46. The SMILES string of the molecule is Cc1ccn(CCC(F)(F)F)c1C(=O)O. The zero-order valence-corrected chi connectivity index (χ0v) is 8.01. The minimum Gasteiger partial charge on any atom is -0.477 e. The third-order valence-corrected chi connectivity index (χ3v) is 2.00. The molecule has 0 radical (unpaired) electrons. The van der Waals surface area contributed by atoms with Crippen molar-refractivity contribution in [2.75, 3.05) is 0 Å². The topological polar surface area (TPSA) is 42.2 Å². The Morgan fingerprint density at radius 2 is 2.13 bits per heavy atom. The van der Waals surface area contributed by atoms with Gasteiger partial charge in [0.1, 0.15) is 5.69 Å². The molecule has 0 bridgehead atoms. The highest BCUT2D eigenvalue weighted by Gasteiger charge is 2.27. The van der Waals surface area contributed by atoms with Crippen LogP contribution in [0.2, 0.25) is 0 Å². The molecule has 6 heteroatoms. The van der Waals surface area contributed by atoms with Crippen LogP contribution in [0.5, 0.6) is 0 Å². The quantitative estimate of drug-likeness (QED) is 0.851. The molecule has 0 atom stereocenters. The Labute approximate surface area is 84.1 Å². The van der Waals surface area contributed by atoms with Gasteiger partial charge < -0.3 is 9.67 Å². The number of rotatable bonds is 3. The van der Waals surface area contributed by atoms with Gasteiger partial charge in [-0.25, -0.2) is 4.79 Å². The number of carboxylic acid groups (broad SMARTS) is 1. The number of aromatic nitrogens is 1. The van der Waals surface area contributed by atoms with Crippen molar-refractivity contribution in [1.29, 1.82) is 0 Å². The fourth-order valence-corrected chi connectivity index (χ4v) is 1.31. The first-order valence-corrected chi connectivity index (χ1v) is 4.27. The highest BCUT2D eigenvalue weighted by Crippen LogP contribution is 2.21. The summed E-state index contributed by atoms with van der Waals surface area (Å²) < 4.78 is 36.9. The standard InChI is InChI=1S/C9H10F3NO2/c1-6-2-4-13(7(6)8(14)15)5-3-9(10,11)12/h2,4H,3,5H2,1H3,(H,14,15). The van der Waals surface area contributed by atoms with Crippen LogP contribution in [-0.2, 0) is 6.54 Å². The Morgan fingerprint density at radius 1 is 1.53 bits per heavy atom. The Morgan fingerprint density at radius 3 is 2.60 bits per heavy atom. The second-order valence-electron chi connectivity index (χ2n) is 3.21. The number of carbonyl (C=O) groups is 1. The first-order chi connectivity index (χ1) is 6.81. The van der Waals surface area contributed by atoms with Crippen molar-refractivity contribution in [2.45, 2.75) is 26.1 Å². The van der Waals surface area contributed by atoms with E-state index < -0.39 is 18.6 Å². The van der Waals surface area contributed by atoms with Gasteiger partial charge in [-0.1, -0.05) is 0 Å². The minimum atomic E-state index is -4.27. The van der Waals surface area contributed by atoms with Gasteiger partial charge in [-0.3, -0.25) is 0 Å². The monoisotopic (exact) mass is 221 g/mol. The van der Waals surface area contributed by atoms with E-state index in [0.29, 0.717) is 5.56 Å². The second kappa shape index (κ2) is 3.96. The van der Waals surface area contributed by atoms with Gasteiger partial charge >= 0.3 is 12.1 Å². The molecule has 3 nitrogen and oxygen atoms in total. The summed E-state index contributed by atoms with van der Waals surface area (Å²) in [6, 6.07) is 1.49. The number of halogens is 3. The average molecular weight is 221 g/mol. The number of carboxylic acids is 1. The smallest absolute Gasteiger partial charge is 0.390 e. The van der Waals surface area contributed by atoms with Gasteiger partial charge in [0.05, 0.1) is 6.42 Å². The first-order valence-electron chi connectivity index (χ1n) is 4.27. The Kier molecular flexibility index (Phi) is 3.06. The summed E-state index contributed by atoms with van der Waals surface area (Å²) in [5.41, 5.74) is 0.379. The second-order valence-corrected chi connectivity index (χ2v) is 3.21. The van der Waals surface area contributed by atoms with Crippen LogP contribution in [0.3, 0.4) is 0 Å². The number of hydrogen-bond donors (Lipinski definition) is 1. The van der Waals surface area contributed by atoms with Crippen molar-refractivity contribution in [3.63, 3.8) is 0 Å². The van der Waals surface area contributed by atoms with E-state index in [-0.39, 0.29) is 12.2 Å². The van der Waals surface area contributed by atoms with E-state index >= 15 is 0 Å². The molecule has 0 aromatic carbocycles. The molecule has 1 N–H and O–H groups in total. The van der Waals surface area contributed by atoms with Crippen LogP contribution in [-0.4, -0.2) is 21.8 Å². The van der Waals surface area contributed by atoms with Crippen LogP contribution < -0.4 is 0 Å². The molecule has 1 aromatic rings.